The monoisotopic (exact) mass is 566 g/mol. The lowest BCUT2D eigenvalue weighted by Crippen LogP contribution is -2.50. The number of alkyl halides is 3. The number of Topliss-reactive ketones (excluding diaryl/α,β-unsaturated/α-hetero) is 1. The number of nitrogens with zero attached hydrogens (tertiary/aromatic N) is 2. The third-order valence-electron chi connectivity index (χ3n) is 10.9. The summed E-state index contributed by atoms with van der Waals surface area (Å²) in [5.74, 6) is 4.01. The Morgan fingerprint density at radius 2 is 1.83 bits per heavy atom. The Kier molecular flexibility index (Phi) is 7.17. The lowest BCUT2D eigenvalue weighted by Gasteiger charge is -2.54. The molecule has 3 fully saturated rings. The van der Waals surface area contributed by atoms with Gasteiger partial charge in [-0.1, -0.05) is 41.8 Å². The van der Waals surface area contributed by atoms with Crippen molar-refractivity contribution in [3.63, 3.8) is 0 Å². The molecule has 4 aliphatic carbocycles. The van der Waals surface area contributed by atoms with E-state index in [0.717, 1.165) is 43.6 Å². The number of fused-ring (bicyclic) bond motifs is 4. The second-order valence-electron chi connectivity index (χ2n) is 12.7. The smallest absolute Gasteiger partial charge is 0.378 e. The Labute approximate surface area is 239 Å². The zero-order valence-corrected chi connectivity index (χ0v) is 23.7. The largest absolute Gasteiger partial charge is 0.457 e. The standard InChI is InChI=1S/C33H37F3N2O3/c1-21(39)32(13-14-33(34,35)36)12-11-29-27-9-5-23-19-24(37-40)6-10-26(23)30(27)28(20-31(29,32)2)22-3-7-25(8-4-22)38-15-17-41-18-16-38/h3-4,7-8,19,24,27-29H,5-6,9-12,15-18,20H2,1-2H3/t24?,27-,28?,29-,31-,32-/m0/s1. The molecule has 1 aromatic carbocycles. The van der Waals surface area contributed by atoms with E-state index in [1.165, 1.54) is 29.6 Å². The second kappa shape index (κ2) is 10.4. The number of anilines is 1. The molecule has 8 heteroatoms. The molecule has 1 aromatic rings. The molecular weight excluding hydrogens is 529 g/mol. The van der Waals surface area contributed by atoms with Gasteiger partial charge in [0.15, 0.2) is 0 Å². The number of rotatable bonds is 4. The summed E-state index contributed by atoms with van der Waals surface area (Å²) in [6.07, 6.45) is 2.14. The van der Waals surface area contributed by atoms with Crippen molar-refractivity contribution in [2.24, 2.45) is 27.8 Å². The van der Waals surface area contributed by atoms with Gasteiger partial charge in [-0.15, -0.1) is 0 Å². The van der Waals surface area contributed by atoms with Crippen molar-refractivity contribution in [3.8, 4) is 11.8 Å². The summed E-state index contributed by atoms with van der Waals surface area (Å²) in [6.45, 7) is 6.51. The first-order valence-corrected chi connectivity index (χ1v) is 14.9. The molecule has 0 spiro atoms. The van der Waals surface area contributed by atoms with Crippen molar-refractivity contribution >= 4 is 11.5 Å². The van der Waals surface area contributed by atoms with Gasteiger partial charge < -0.3 is 9.64 Å². The van der Waals surface area contributed by atoms with E-state index >= 15 is 0 Å². The molecule has 218 valence electrons. The lowest BCUT2D eigenvalue weighted by molar-refractivity contribution is -0.130. The predicted molar refractivity (Wildman–Crippen MR) is 151 cm³/mol. The first kappa shape index (κ1) is 28.2. The maximum atomic E-state index is 13.4. The van der Waals surface area contributed by atoms with Gasteiger partial charge in [-0.2, -0.15) is 18.1 Å². The SMILES string of the molecule is CC(=O)[C@@]1(C#CC(F)(F)F)CC[C@H]2[C@@H]3CCC4=CC(N=O)CCC4=C3C(c3ccc(N4CCOCC4)cc3)C[C@@]21C. The summed E-state index contributed by atoms with van der Waals surface area (Å²) >= 11 is 0. The number of carbonyl (C=O) groups excluding carboxylic acids is 1. The molecular formula is C33H37F3N2O3. The maximum Gasteiger partial charge on any atom is 0.457 e. The van der Waals surface area contributed by atoms with Crippen LogP contribution in [0.5, 0.6) is 0 Å². The fourth-order valence-electron chi connectivity index (χ4n) is 8.98. The fourth-order valence-corrected chi connectivity index (χ4v) is 8.98. The Bertz CT molecular complexity index is 1350. The summed E-state index contributed by atoms with van der Waals surface area (Å²) in [5, 5.41) is 3.31. The molecule has 0 N–H and O–H groups in total. The van der Waals surface area contributed by atoms with Crippen LogP contribution in [0.1, 0.15) is 70.3 Å². The van der Waals surface area contributed by atoms with Gasteiger partial charge in [0.25, 0.3) is 0 Å². The average molecular weight is 567 g/mol. The van der Waals surface area contributed by atoms with Crippen molar-refractivity contribution in [2.45, 2.75) is 76.9 Å². The van der Waals surface area contributed by atoms with E-state index in [9.17, 15) is 22.9 Å². The van der Waals surface area contributed by atoms with E-state index in [-0.39, 0.29) is 29.6 Å². The van der Waals surface area contributed by atoms with Gasteiger partial charge in [-0.3, -0.25) is 4.79 Å². The molecule has 1 heterocycles. The van der Waals surface area contributed by atoms with Crippen LogP contribution in [0.2, 0.25) is 0 Å². The molecule has 41 heavy (non-hydrogen) atoms. The number of carbonyl (C=O) groups is 1. The molecule has 6 rings (SSSR count). The zero-order chi connectivity index (χ0) is 29.0. The lowest BCUT2D eigenvalue weighted by atomic mass is 9.48. The van der Waals surface area contributed by atoms with Crippen LogP contribution in [-0.2, 0) is 9.53 Å². The number of allylic oxidation sites excluding steroid dienone is 3. The summed E-state index contributed by atoms with van der Waals surface area (Å²) in [5.41, 5.74) is 4.12. The summed E-state index contributed by atoms with van der Waals surface area (Å²) in [4.78, 5) is 27.0. The number of ketones is 1. The number of benzene rings is 1. The van der Waals surface area contributed by atoms with Gasteiger partial charge in [0, 0.05) is 30.6 Å². The van der Waals surface area contributed by atoms with Crippen LogP contribution < -0.4 is 4.90 Å². The molecule has 0 radical (unpaired) electrons. The maximum absolute atomic E-state index is 13.4. The normalized spacial score (nSPS) is 35.0. The molecule has 0 bridgehead atoms. The van der Waals surface area contributed by atoms with E-state index in [2.05, 4.69) is 40.3 Å². The van der Waals surface area contributed by atoms with Crippen molar-refractivity contribution in [3.05, 3.63) is 57.5 Å². The molecule has 5 nitrogen and oxygen atoms in total. The predicted octanol–water partition coefficient (Wildman–Crippen LogP) is 7.13. The van der Waals surface area contributed by atoms with E-state index in [0.29, 0.717) is 38.9 Å². The minimum atomic E-state index is -4.65. The first-order valence-electron chi connectivity index (χ1n) is 14.9. The minimum absolute atomic E-state index is 0.0380. The van der Waals surface area contributed by atoms with E-state index < -0.39 is 17.0 Å². The number of morpholine rings is 1. The van der Waals surface area contributed by atoms with Gasteiger partial charge >= 0.3 is 6.18 Å². The third-order valence-corrected chi connectivity index (χ3v) is 10.9. The van der Waals surface area contributed by atoms with Crippen molar-refractivity contribution in [2.75, 3.05) is 31.2 Å². The molecule has 2 saturated carbocycles. The minimum Gasteiger partial charge on any atom is -0.378 e. The fraction of sp³-hybridized carbons (Fsp3) is 0.606. The Balaban J connectivity index is 1.47. The highest BCUT2D eigenvalue weighted by molar-refractivity contribution is 5.87. The molecule has 5 aliphatic rings. The highest BCUT2D eigenvalue weighted by Gasteiger charge is 2.65. The van der Waals surface area contributed by atoms with Crippen molar-refractivity contribution < 1.29 is 22.7 Å². The number of ether oxygens (including phenoxy) is 1. The number of hydrogen-bond acceptors (Lipinski definition) is 5. The van der Waals surface area contributed by atoms with Gasteiger partial charge in [0.1, 0.15) is 11.8 Å². The molecule has 0 aromatic heterocycles. The van der Waals surface area contributed by atoms with E-state index in [1.54, 1.807) is 0 Å². The molecule has 1 saturated heterocycles. The van der Waals surface area contributed by atoms with Crippen LogP contribution >= 0.6 is 0 Å². The van der Waals surface area contributed by atoms with E-state index in [1.807, 2.05) is 13.0 Å². The molecule has 0 amide bonds. The van der Waals surface area contributed by atoms with Gasteiger partial charge in [-0.25, -0.2) is 0 Å². The Hall–Kier alpha value is -2.92. The van der Waals surface area contributed by atoms with Crippen LogP contribution in [0.4, 0.5) is 18.9 Å². The molecule has 1 aliphatic heterocycles. The average Bonchev–Trinajstić information content (AvgIpc) is 3.28. The number of hydrogen-bond donors (Lipinski definition) is 0. The van der Waals surface area contributed by atoms with Crippen LogP contribution in [-0.4, -0.2) is 44.3 Å². The topological polar surface area (TPSA) is 59.0 Å². The van der Waals surface area contributed by atoms with Crippen molar-refractivity contribution in [1.82, 2.24) is 0 Å². The van der Waals surface area contributed by atoms with E-state index in [4.69, 9.17) is 4.74 Å². The quantitative estimate of drug-likeness (QED) is 0.287. The van der Waals surface area contributed by atoms with Crippen LogP contribution in [0.15, 0.2) is 52.2 Å². The molecule has 2 unspecified atom stereocenters. The summed E-state index contributed by atoms with van der Waals surface area (Å²) < 4.78 is 45.7. The first-order chi connectivity index (χ1) is 19.6. The number of halogens is 3. The summed E-state index contributed by atoms with van der Waals surface area (Å²) in [7, 11) is 0. The Morgan fingerprint density at radius 3 is 2.49 bits per heavy atom. The highest BCUT2D eigenvalue weighted by atomic mass is 19.4. The third kappa shape index (κ3) is 4.74. The highest BCUT2D eigenvalue weighted by Crippen LogP contribution is 2.69. The van der Waals surface area contributed by atoms with Crippen LogP contribution in [0.3, 0.4) is 0 Å². The van der Waals surface area contributed by atoms with Crippen molar-refractivity contribution in [1.29, 1.82) is 0 Å². The Morgan fingerprint density at radius 1 is 1.10 bits per heavy atom. The van der Waals surface area contributed by atoms with Crippen LogP contribution in [0, 0.1) is 39.4 Å². The zero-order valence-electron chi connectivity index (χ0n) is 23.7. The number of nitroso groups, excluding NO2 is 1. The van der Waals surface area contributed by atoms with Gasteiger partial charge in [0.2, 0.25) is 0 Å². The van der Waals surface area contributed by atoms with Crippen LogP contribution in [0.25, 0.3) is 0 Å². The summed E-state index contributed by atoms with van der Waals surface area (Å²) in [6, 6.07) is 8.29. The van der Waals surface area contributed by atoms with Gasteiger partial charge in [-0.05, 0) is 98.0 Å². The second-order valence-corrected chi connectivity index (χ2v) is 12.7. The van der Waals surface area contributed by atoms with Gasteiger partial charge in [0.05, 0.1) is 18.6 Å². The molecule has 6 atom stereocenters.